The smallest absolute Gasteiger partial charge is 0.0971 e. The van der Waals surface area contributed by atoms with Gasteiger partial charge in [0.05, 0.1) is 12.0 Å². The maximum absolute atomic E-state index is 5.52. The zero-order chi connectivity index (χ0) is 8.97. The summed E-state index contributed by atoms with van der Waals surface area (Å²) >= 11 is 4.21. The molecule has 0 spiro atoms. The highest BCUT2D eigenvalue weighted by Gasteiger charge is 2.21. The van der Waals surface area contributed by atoms with Gasteiger partial charge in [-0.3, -0.25) is 0 Å². The molecular formula is C10H20OS. The fourth-order valence-corrected chi connectivity index (χ4v) is 1.99. The minimum atomic E-state index is 0.0964. The maximum Gasteiger partial charge on any atom is 0.0971 e. The predicted molar refractivity (Wildman–Crippen MR) is 55.5 cm³/mol. The molecule has 0 aromatic rings. The fraction of sp³-hybridized carbons (Fsp3) is 1.00. The molecule has 1 saturated carbocycles. The van der Waals surface area contributed by atoms with E-state index in [0.717, 1.165) is 18.4 Å². The lowest BCUT2D eigenvalue weighted by Crippen LogP contribution is -2.22. The van der Waals surface area contributed by atoms with Gasteiger partial charge in [0.25, 0.3) is 0 Å². The van der Waals surface area contributed by atoms with Gasteiger partial charge < -0.3 is 4.74 Å². The van der Waals surface area contributed by atoms with E-state index >= 15 is 0 Å². The highest BCUT2D eigenvalue weighted by molar-refractivity contribution is 7.80. The fourth-order valence-electron chi connectivity index (χ4n) is 1.90. The molecule has 0 aromatic carbocycles. The van der Waals surface area contributed by atoms with E-state index in [1.165, 1.54) is 25.7 Å². The number of hydrogen-bond donors (Lipinski definition) is 1. The summed E-state index contributed by atoms with van der Waals surface area (Å²) in [5.41, 5.74) is 0.0964. The molecule has 1 fully saturated rings. The third-order valence-corrected chi connectivity index (χ3v) is 2.99. The van der Waals surface area contributed by atoms with Crippen LogP contribution in [0, 0.1) is 11.8 Å². The van der Waals surface area contributed by atoms with Crippen LogP contribution in [-0.2, 0) is 4.74 Å². The summed E-state index contributed by atoms with van der Waals surface area (Å²) in [6.45, 7) is 5.23. The number of thiol groups is 1. The highest BCUT2D eigenvalue weighted by atomic mass is 32.1. The van der Waals surface area contributed by atoms with Crippen LogP contribution in [0.25, 0.3) is 0 Å². The van der Waals surface area contributed by atoms with Crippen LogP contribution in [0.15, 0.2) is 0 Å². The van der Waals surface area contributed by atoms with Crippen LogP contribution in [0.4, 0.5) is 0 Å². The largest absolute Gasteiger partial charge is 0.368 e. The molecular weight excluding hydrogens is 168 g/mol. The van der Waals surface area contributed by atoms with E-state index in [4.69, 9.17) is 4.74 Å². The van der Waals surface area contributed by atoms with Crippen LogP contribution >= 0.6 is 12.6 Å². The van der Waals surface area contributed by atoms with Crippen LogP contribution < -0.4 is 0 Å². The molecule has 1 aliphatic carbocycles. The van der Waals surface area contributed by atoms with Crippen molar-refractivity contribution in [3.8, 4) is 0 Å². The van der Waals surface area contributed by atoms with E-state index in [1.807, 2.05) is 6.92 Å². The number of rotatable bonds is 3. The molecule has 0 saturated heterocycles. The van der Waals surface area contributed by atoms with Crippen molar-refractivity contribution >= 4 is 12.6 Å². The van der Waals surface area contributed by atoms with Crippen LogP contribution in [0.3, 0.4) is 0 Å². The Bertz CT molecular complexity index is 125. The highest BCUT2D eigenvalue weighted by Crippen LogP contribution is 2.29. The van der Waals surface area contributed by atoms with Crippen LogP contribution in [0.5, 0.6) is 0 Å². The number of ether oxygens (including phenoxy) is 1. The van der Waals surface area contributed by atoms with Crippen molar-refractivity contribution in [2.45, 2.75) is 45.0 Å². The van der Waals surface area contributed by atoms with Crippen molar-refractivity contribution in [3.63, 3.8) is 0 Å². The van der Waals surface area contributed by atoms with E-state index < -0.39 is 0 Å². The summed E-state index contributed by atoms with van der Waals surface area (Å²) < 4.78 is 5.52. The lowest BCUT2D eigenvalue weighted by atomic mass is 9.81. The zero-order valence-electron chi connectivity index (χ0n) is 8.12. The maximum atomic E-state index is 5.52. The Kier molecular flexibility index (Phi) is 4.44. The van der Waals surface area contributed by atoms with Gasteiger partial charge in [-0.05, 0) is 25.2 Å². The second kappa shape index (κ2) is 5.13. The molecule has 0 heterocycles. The van der Waals surface area contributed by atoms with Crippen LogP contribution in [-0.4, -0.2) is 12.0 Å². The molecule has 0 amide bonds. The minimum absolute atomic E-state index is 0.0964. The summed E-state index contributed by atoms with van der Waals surface area (Å²) in [6, 6.07) is 0. The standard InChI is InChI=1S/C10H20OS/c1-8-5-3-4-6-10(8)7-11-9(2)12/h8-10,12H,3-7H2,1-2H3/t8-,9?,10+/m0/s1. The lowest BCUT2D eigenvalue weighted by Gasteiger charge is -2.28. The topological polar surface area (TPSA) is 9.23 Å². The first kappa shape index (κ1) is 10.4. The molecule has 0 N–H and O–H groups in total. The van der Waals surface area contributed by atoms with Crippen molar-refractivity contribution in [2.24, 2.45) is 11.8 Å². The molecule has 1 rings (SSSR count). The van der Waals surface area contributed by atoms with Gasteiger partial charge in [-0.15, -0.1) is 12.6 Å². The van der Waals surface area contributed by atoms with Gasteiger partial charge in [0.2, 0.25) is 0 Å². The first-order valence-corrected chi connectivity index (χ1v) is 5.51. The van der Waals surface area contributed by atoms with Crippen molar-refractivity contribution in [3.05, 3.63) is 0 Å². The van der Waals surface area contributed by atoms with Crippen molar-refractivity contribution in [1.29, 1.82) is 0 Å². The van der Waals surface area contributed by atoms with Gasteiger partial charge >= 0.3 is 0 Å². The average molecular weight is 188 g/mol. The third-order valence-electron chi connectivity index (χ3n) is 2.84. The van der Waals surface area contributed by atoms with Gasteiger partial charge in [-0.25, -0.2) is 0 Å². The summed E-state index contributed by atoms with van der Waals surface area (Å²) in [4.78, 5) is 0. The first-order chi connectivity index (χ1) is 5.70. The van der Waals surface area contributed by atoms with E-state index in [1.54, 1.807) is 0 Å². The molecule has 72 valence electrons. The Hall–Kier alpha value is 0.310. The summed E-state index contributed by atoms with van der Waals surface area (Å²) in [5.74, 6) is 1.64. The average Bonchev–Trinajstić information content (AvgIpc) is 2.03. The molecule has 0 aromatic heterocycles. The van der Waals surface area contributed by atoms with E-state index in [0.29, 0.717) is 0 Å². The van der Waals surface area contributed by atoms with Crippen molar-refractivity contribution in [1.82, 2.24) is 0 Å². The van der Waals surface area contributed by atoms with Gasteiger partial charge in [-0.1, -0.05) is 26.2 Å². The SMILES string of the molecule is CC(S)OC[C@H]1CCCC[C@@H]1C. The zero-order valence-corrected chi connectivity index (χ0v) is 9.02. The van der Waals surface area contributed by atoms with Crippen molar-refractivity contribution < 1.29 is 4.74 Å². The normalized spacial score (nSPS) is 33.2. The summed E-state index contributed by atoms with van der Waals surface area (Å²) in [6.07, 6.45) is 5.53. The van der Waals surface area contributed by atoms with Crippen LogP contribution in [0.2, 0.25) is 0 Å². The number of hydrogen-bond acceptors (Lipinski definition) is 2. The Morgan fingerprint density at radius 1 is 1.42 bits per heavy atom. The molecule has 0 aliphatic heterocycles. The second-order valence-corrected chi connectivity index (χ2v) is 4.68. The quantitative estimate of drug-likeness (QED) is 0.529. The molecule has 1 unspecified atom stereocenters. The van der Waals surface area contributed by atoms with Crippen LogP contribution in [0.1, 0.15) is 39.5 Å². The second-order valence-electron chi connectivity index (χ2n) is 3.95. The summed E-state index contributed by atoms with van der Waals surface area (Å²) in [5, 5.41) is 0. The molecule has 12 heavy (non-hydrogen) atoms. The molecule has 1 nitrogen and oxygen atoms in total. The molecule has 0 radical (unpaired) electrons. The van der Waals surface area contributed by atoms with Gasteiger partial charge in [0.15, 0.2) is 0 Å². The van der Waals surface area contributed by atoms with E-state index in [9.17, 15) is 0 Å². The van der Waals surface area contributed by atoms with Gasteiger partial charge in [0.1, 0.15) is 0 Å². The molecule has 2 heteroatoms. The predicted octanol–water partition coefficient (Wildman–Crippen LogP) is 3.11. The van der Waals surface area contributed by atoms with Gasteiger partial charge in [0, 0.05) is 0 Å². The molecule has 0 bridgehead atoms. The van der Waals surface area contributed by atoms with E-state index in [-0.39, 0.29) is 5.44 Å². The monoisotopic (exact) mass is 188 g/mol. The first-order valence-electron chi connectivity index (χ1n) is 5.00. The van der Waals surface area contributed by atoms with Crippen molar-refractivity contribution in [2.75, 3.05) is 6.61 Å². The Labute approximate surface area is 81.3 Å². The Balaban J connectivity index is 2.20. The summed E-state index contributed by atoms with van der Waals surface area (Å²) in [7, 11) is 0. The molecule has 3 atom stereocenters. The Morgan fingerprint density at radius 3 is 2.67 bits per heavy atom. The minimum Gasteiger partial charge on any atom is -0.368 e. The third kappa shape index (κ3) is 3.36. The van der Waals surface area contributed by atoms with E-state index in [2.05, 4.69) is 19.6 Å². The molecule has 1 aliphatic rings. The lowest BCUT2D eigenvalue weighted by molar-refractivity contribution is 0.0570. The Morgan fingerprint density at radius 2 is 2.08 bits per heavy atom. The van der Waals surface area contributed by atoms with Gasteiger partial charge in [-0.2, -0.15) is 0 Å².